The van der Waals surface area contributed by atoms with E-state index >= 15 is 0 Å². The fourth-order valence-electron chi connectivity index (χ4n) is 1.61. The van der Waals surface area contributed by atoms with Crippen LogP contribution in [0.1, 0.15) is 26.2 Å². The molecule has 1 amide bonds. The van der Waals surface area contributed by atoms with Crippen LogP contribution < -0.4 is 10.6 Å². The summed E-state index contributed by atoms with van der Waals surface area (Å²) in [7, 11) is 3.48. The summed E-state index contributed by atoms with van der Waals surface area (Å²) in [6.07, 6.45) is 7.41. The van der Waals surface area contributed by atoms with Crippen LogP contribution in [0, 0.1) is 0 Å². The average molecular weight is 380 g/mol. The van der Waals surface area contributed by atoms with Gasteiger partial charge in [-0.25, -0.2) is 4.99 Å². The zero-order valence-electron chi connectivity index (χ0n) is 12.0. The van der Waals surface area contributed by atoms with Crippen molar-refractivity contribution in [1.82, 2.24) is 15.5 Å². The summed E-state index contributed by atoms with van der Waals surface area (Å²) >= 11 is 0. The van der Waals surface area contributed by atoms with Gasteiger partial charge in [0, 0.05) is 26.7 Å². The van der Waals surface area contributed by atoms with Crippen LogP contribution in [-0.2, 0) is 4.79 Å². The van der Waals surface area contributed by atoms with Gasteiger partial charge < -0.3 is 15.5 Å². The van der Waals surface area contributed by atoms with Crippen molar-refractivity contribution in [1.29, 1.82) is 0 Å². The highest BCUT2D eigenvalue weighted by Crippen LogP contribution is 2.08. The monoisotopic (exact) mass is 380 g/mol. The lowest BCUT2D eigenvalue weighted by molar-refractivity contribution is -0.127. The predicted molar refractivity (Wildman–Crippen MR) is 90.0 cm³/mol. The number of carbonyl (C=O) groups excluding carboxylic acids is 1. The maximum absolute atomic E-state index is 11.5. The van der Waals surface area contributed by atoms with Crippen molar-refractivity contribution in [3.8, 4) is 0 Å². The molecule has 0 fully saturated rings. The summed E-state index contributed by atoms with van der Waals surface area (Å²) in [6.45, 7) is 3.15. The van der Waals surface area contributed by atoms with Gasteiger partial charge in [0.2, 0.25) is 5.91 Å². The molecule has 2 N–H and O–H groups in total. The highest BCUT2D eigenvalue weighted by atomic mass is 127. The number of hydrogen-bond acceptors (Lipinski definition) is 2. The molecule has 0 atom stereocenters. The first-order chi connectivity index (χ1) is 8.63. The first-order valence-corrected chi connectivity index (χ1v) is 6.53. The van der Waals surface area contributed by atoms with Crippen LogP contribution in [0.4, 0.5) is 0 Å². The fourth-order valence-corrected chi connectivity index (χ4v) is 1.61. The van der Waals surface area contributed by atoms with Crippen molar-refractivity contribution in [2.45, 2.75) is 32.2 Å². The fraction of sp³-hybridized carbons (Fsp3) is 0.692. The van der Waals surface area contributed by atoms with E-state index in [0.717, 1.165) is 31.8 Å². The van der Waals surface area contributed by atoms with Crippen LogP contribution in [0.5, 0.6) is 0 Å². The lowest BCUT2D eigenvalue weighted by Gasteiger charge is -2.17. The molecule has 0 aromatic carbocycles. The maximum atomic E-state index is 11.5. The molecule has 6 heteroatoms. The molecule has 0 aliphatic heterocycles. The van der Waals surface area contributed by atoms with Gasteiger partial charge in [-0.3, -0.25) is 4.79 Å². The number of likely N-dealkylation sites (N-methyl/N-ethyl adjacent to an activating group) is 1. The molecule has 0 saturated carbocycles. The van der Waals surface area contributed by atoms with Crippen molar-refractivity contribution in [3.63, 3.8) is 0 Å². The Morgan fingerprint density at radius 3 is 2.53 bits per heavy atom. The topological polar surface area (TPSA) is 56.7 Å². The molecule has 0 saturated heterocycles. The van der Waals surface area contributed by atoms with E-state index < -0.39 is 0 Å². The molecule has 1 aliphatic carbocycles. The van der Waals surface area contributed by atoms with Crippen LogP contribution in [0.25, 0.3) is 0 Å². The number of nitrogens with zero attached hydrogens (tertiary/aromatic N) is 2. The Morgan fingerprint density at radius 2 is 2.00 bits per heavy atom. The standard InChI is InChI=1S/C13H24N4O.HI/c1-4-9-14-13(15-10-12(18)17(2)3)16-11-7-5-6-8-11;/h5-6,11H,4,7-10H2,1-3H3,(H2,14,15,16);1H. The Hall–Kier alpha value is -0.790. The van der Waals surface area contributed by atoms with Crippen LogP contribution >= 0.6 is 24.0 Å². The molecule has 1 rings (SSSR count). The average Bonchev–Trinajstić information content (AvgIpc) is 2.84. The summed E-state index contributed by atoms with van der Waals surface area (Å²) in [5.74, 6) is 0.748. The Labute approximate surface area is 132 Å². The molecule has 5 nitrogen and oxygen atoms in total. The Kier molecular flexibility index (Phi) is 9.63. The van der Waals surface area contributed by atoms with Crippen molar-refractivity contribution in [2.24, 2.45) is 4.99 Å². The largest absolute Gasteiger partial charge is 0.356 e. The van der Waals surface area contributed by atoms with E-state index in [1.165, 1.54) is 0 Å². The summed E-state index contributed by atoms with van der Waals surface area (Å²) in [5, 5.41) is 6.58. The molecule has 0 radical (unpaired) electrons. The van der Waals surface area contributed by atoms with E-state index in [1.807, 2.05) is 0 Å². The number of amides is 1. The minimum absolute atomic E-state index is 0. The van der Waals surface area contributed by atoms with Crippen LogP contribution in [0.2, 0.25) is 0 Å². The molecule has 110 valence electrons. The van der Waals surface area contributed by atoms with Gasteiger partial charge in [0.25, 0.3) is 0 Å². The number of hydrogen-bond donors (Lipinski definition) is 2. The van der Waals surface area contributed by atoms with Crippen molar-refractivity contribution < 1.29 is 4.79 Å². The van der Waals surface area contributed by atoms with E-state index in [1.54, 1.807) is 19.0 Å². The second-order valence-electron chi connectivity index (χ2n) is 4.66. The normalized spacial score (nSPS) is 15.0. The first-order valence-electron chi connectivity index (χ1n) is 6.53. The highest BCUT2D eigenvalue weighted by Gasteiger charge is 2.12. The number of rotatable bonds is 5. The lowest BCUT2D eigenvalue weighted by Crippen LogP contribution is -2.43. The summed E-state index contributed by atoms with van der Waals surface area (Å²) in [6, 6.07) is 0.405. The molecule has 0 spiro atoms. The molecular weight excluding hydrogens is 355 g/mol. The minimum Gasteiger partial charge on any atom is -0.356 e. The van der Waals surface area contributed by atoms with Crippen molar-refractivity contribution in [3.05, 3.63) is 12.2 Å². The second-order valence-corrected chi connectivity index (χ2v) is 4.66. The molecule has 0 heterocycles. The lowest BCUT2D eigenvalue weighted by atomic mass is 10.2. The minimum atomic E-state index is 0. The number of halogens is 1. The van der Waals surface area contributed by atoms with Gasteiger partial charge in [0.15, 0.2) is 5.96 Å². The number of guanidine groups is 1. The molecule has 0 bridgehead atoms. The predicted octanol–water partition coefficient (Wildman–Crippen LogP) is 1.36. The van der Waals surface area contributed by atoms with Gasteiger partial charge in [0.1, 0.15) is 6.54 Å². The highest BCUT2D eigenvalue weighted by molar-refractivity contribution is 14.0. The van der Waals surface area contributed by atoms with Gasteiger partial charge in [0.05, 0.1) is 0 Å². The maximum Gasteiger partial charge on any atom is 0.243 e. The van der Waals surface area contributed by atoms with Gasteiger partial charge in [-0.2, -0.15) is 0 Å². The van der Waals surface area contributed by atoms with E-state index in [9.17, 15) is 4.79 Å². The summed E-state index contributed by atoms with van der Waals surface area (Å²) in [5.41, 5.74) is 0. The Bertz CT molecular complexity index is 321. The van der Waals surface area contributed by atoms with Crippen molar-refractivity contribution in [2.75, 3.05) is 27.2 Å². The molecule has 0 aromatic rings. The smallest absolute Gasteiger partial charge is 0.243 e. The Morgan fingerprint density at radius 1 is 1.37 bits per heavy atom. The SMILES string of the molecule is CCCNC(=NCC(=O)N(C)C)NC1CC=CC1.I. The Balaban J connectivity index is 0.00000324. The van der Waals surface area contributed by atoms with E-state index in [2.05, 4.69) is 34.7 Å². The molecule has 0 aromatic heterocycles. The third-order valence-electron chi connectivity index (χ3n) is 2.76. The van der Waals surface area contributed by atoms with Crippen molar-refractivity contribution >= 4 is 35.8 Å². The van der Waals surface area contributed by atoms with E-state index in [-0.39, 0.29) is 36.4 Å². The zero-order valence-corrected chi connectivity index (χ0v) is 14.3. The zero-order chi connectivity index (χ0) is 13.4. The quantitative estimate of drug-likeness (QED) is 0.328. The van der Waals surface area contributed by atoms with Crippen LogP contribution in [-0.4, -0.2) is 50.0 Å². The van der Waals surface area contributed by atoms with Gasteiger partial charge in [-0.15, -0.1) is 24.0 Å². The second kappa shape index (κ2) is 10.1. The van der Waals surface area contributed by atoms with Gasteiger partial charge in [-0.1, -0.05) is 19.1 Å². The summed E-state index contributed by atoms with van der Waals surface area (Å²) < 4.78 is 0. The van der Waals surface area contributed by atoms with E-state index in [4.69, 9.17) is 0 Å². The number of nitrogens with one attached hydrogen (secondary N) is 2. The van der Waals surface area contributed by atoms with Crippen LogP contribution in [0.3, 0.4) is 0 Å². The third-order valence-corrected chi connectivity index (χ3v) is 2.76. The number of carbonyl (C=O) groups is 1. The van der Waals surface area contributed by atoms with Crippen LogP contribution in [0.15, 0.2) is 17.1 Å². The van der Waals surface area contributed by atoms with Gasteiger partial charge >= 0.3 is 0 Å². The first kappa shape index (κ1) is 18.2. The molecular formula is C13H25IN4O. The third kappa shape index (κ3) is 7.39. The van der Waals surface area contributed by atoms with Gasteiger partial charge in [-0.05, 0) is 19.3 Å². The molecule has 1 aliphatic rings. The number of aliphatic imine (C=N–C) groups is 1. The molecule has 19 heavy (non-hydrogen) atoms. The summed E-state index contributed by atoms with van der Waals surface area (Å²) in [4.78, 5) is 17.4. The van der Waals surface area contributed by atoms with E-state index in [0.29, 0.717) is 6.04 Å². The molecule has 0 unspecified atom stereocenters.